The second kappa shape index (κ2) is 5.09. The fraction of sp³-hybridized carbons (Fsp3) is 0.545. The Morgan fingerprint density at radius 3 is 2.47 bits per heavy atom. The molecule has 0 aromatic heterocycles. The number of rotatable bonds is 5. The Bertz CT molecular complexity index is 247. The average Bonchev–Trinajstić information content (AvgIpc) is 2.65. The van der Waals surface area contributed by atoms with E-state index in [0.717, 1.165) is 0 Å². The van der Waals surface area contributed by atoms with Crippen LogP contribution in [0.5, 0.6) is 0 Å². The fourth-order valence-corrected chi connectivity index (χ4v) is 1.62. The van der Waals surface area contributed by atoms with Gasteiger partial charge in [-0.3, -0.25) is 4.79 Å². The molecule has 1 unspecified atom stereocenters. The molecule has 0 aromatic rings. The van der Waals surface area contributed by atoms with Gasteiger partial charge in [-0.15, -0.1) is 13.2 Å². The molecule has 1 atom stereocenters. The third-order valence-corrected chi connectivity index (χ3v) is 2.46. The minimum absolute atomic E-state index is 0.0835. The highest BCUT2D eigenvalue weighted by Gasteiger charge is 2.40. The summed E-state index contributed by atoms with van der Waals surface area (Å²) in [5.41, 5.74) is 5.12. The van der Waals surface area contributed by atoms with Crippen LogP contribution in [0.3, 0.4) is 0 Å². The van der Waals surface area contributed by atoms with E-state index >= 15 is 0 Å². The van der Waals surface area contributed by atoms with Gasteiger partial charge in [0.25, 0.3) is 0 Å². The summed E-state index contributed by atoms with van der Waals surface area (Å²) in [6.07, 6.45) is 3.94. The normalized spacial score (nSPS) is 24.9. The number of carbonyl (C=O) groups is 1. The first-order valence-electron chi connectivity index (χ1n) is 5.02. The van der Waals surface area contributed by atoms with E-state index in [1.54, 1.807) is 17.1 Å². The van der Waals surface area contributed by atoms with Gasteiger partial charge in [0.15, 0.2) is 0 Å². The molecule has 1 rings (SSSR count). The van der Waals surface area contributed by atoms with Crippen LogP contribution in [0.25, 0.3) is 0 Å². The lowest BCUT2D eigenvalue weighted by Gasteiger charge is -2.28. The molecule has 1 heterocycles. The maximum atomic E-state index is 12.1. The lowest BCUT2D eigenvalue weighted by atomic mass is 9.98. The smallest absolute Gasteiger partial charge is 0.245 e. The monoisotopic (exact) mass is 210 g/mol. The van der Waals surface area contributed by atoms with Crippen molar-refractivity contribution in [3.8, 4) is 0 Å². The summed E-state index contributed by atoms with van der Waals surface area (Å²) in [4.78, 5) is 13.7. The van der Waals surface area contributed by atoms with Crippen LogP contribution in [0.4, 0.5) is 0 Å². The van der Waals surface area contributed by atoms with Crippen molar-refractivity contribution >= 4 is 5.91 Å². The molecule has 1 aliphatic rings. The molecule has 1 fully saturated rings. The Hall–Kier alpha value is -1.13. The number of carbonyl (C=O) groups excluding carboxylic acids is 1. The first-order valence-corrected chi connectivity index (χ1v) is 5.02. The summed E-state index contributed by atoms with van der Waals surface area (Å²) < 4.78 is 5.16. The molecule has 2 N–H and O–H groups in total. The van der Waals surface area contributed by atoms with Gasteiger partial charge >= 0.3 is 0 Å². The number of nitrogens with two attached hydrogens (primary N) is 1. The Morgan fingerprint density at radius 1 is 1.47 bits per heavy atom. The molecule has 0 bridgehead atoms. The molecule has 0 radical (unpaired) electrons. The van der Waals surface area contributed by atoms with Crippen LogP contribution in [-0.4, -0.2) is 42.6 Å². The number of amides is 1. The van der Waals surface area contributed by atoms with Crippen LogP contribution >= 0.6 is 0 Å². The first-order chi connectivity index (χ1) is 7.14. The van der Waals surface area contributed by atoms with Crippen molar-refractivity contribution in [1.82, 2.24) is 4.90 Å². The van der Waals surface area contributed by atoms with Gasteiger partial charge in [0.05, 0.1) is 6.61 Å². The summed E-state index contributed by atoms with van der Waals surface area (Å²) in [5, 5.41) is 0. The largest absolute Gasteiger partial charge is 0.379 e. The topological polar surface area (TPSA) is 55.6 Å². The van der Waals surface area contributed by atoms with E-state index in [-0.39, 0.29) is 5.91 Å². The summed E-state index contributed by atoms with van der Waals surface area (Å²) in [6.45, 7) is 9.06. The number of ether oxygens (including phenoxy) is 1. The minimum atomic E-state index is -0.855. The van der Waals surface area contributed by atoms with Crippen molar-refractivity contribution < 1.29 is 9.53 Å². The van der Waals surface area contributed by atoms with E-state index in [0.29, 0.717) is 32.7 Å². The summed E-state index contributed by atoms with van der Waals surface area (Å²) >= 11 is 0. The molecular weight excluding hydrogens is 192 g/mol. The Labute approximate surface area is 90.4 Å². The molecule has 0 aromatic carbocycles. The number of hydrogen-bond donors (Lipinski definition) is 1. The van der Waals surface area contributed by atoms with E-state index in [1.807, 2.05) is 0 Å². The quantitative estimate of drug-likeness (QED) is 0.664. The zero-order valence-corrected chi connectivity index (χ0v) is 8.95. The molecule has 1 aliphatic heterocycles. The standard InChI is InChI=1S/C11H18N2O2/c1-3-6-13(7-4-2)10(14)11(12)5-8-15-9-11/h3-4H,1-2,5-9,12H2. The SMILES string of the molecule is C=CCN(CC=C)C(=O)C1(N)CCOC1. The molecular formula is C11H18N2O2. The molecule has 15 heavy (non-hydrogen) atoms. The second-order valence-corrected chi connectivity index (χ2v) is 3.75. The van der Waals surface area contributed by atoms with Crippen LogP contribution in [0.15, 0.2) is 25.3 Å². The van der Waals surface area contributed by atoms with Crippen molar-refractivity contribution in [1.29, 1.82) is 0 Å². The van der Waals surface area contributed by atoms with E-state index in [1.165, 1.54) is 0 Å². The number of hydrogen-bond acceptors (Lipinski definition) is 3. The van der Waals surface area contributed by atoms with Crippen molar-refractivity contribution in [2.24, 2.45) is 5.73 Å². The lowest BCUT2D eigenvalue weighted by molar-refractivity contribution is -0.135. The fourth-order valence-electron chi connectivity index (χ4n) is 1.62. The van der Waals surface area contributed by atoms with Gasteiger partial charge in [-0.2, -0.15) is 0 Å². The maximum Gasteiger partial charge on any atom is 0.245 e. The predicted octanol–water partition coefficient (Wildman–Crippen LogP) is 0.305. The molecule has 0 spiro atoms. The zero-order chi connectivity index (χ0) is 11.3. The van der Waals surface area contributed by atoms with Gasteiger partial charge in [-0.25, -0.2) is 0 Å². The van der Waals surface area contributed by atoms with Crippen LogP contribution in [0.2, 0.25) is 0 Å². The zero-order valence-electron chi connectivity index (χ0n) is 8.95. The van der Waals surface area contributed by atoms with Crippen molar-refractivity contribution in [2.75, 3.05) is 26.3 Å². The van der Waals surface area contributed by atoms with E-state index in [9.17, 15) is 4.79 Å². The van der Waals surface area contributed by atoms with Crippen molar-refractivity contribution in [2.45, 2.75) is 12.0 Å². The van der Waals surface area contributed by atoms with Gasteiger partial charge in [0.2, 0.25) is 5.91 Å². The molecule has 1 amide bonds. The Balaban J connectivity index is 2.69. The molecule has 84 valence electrons. The van der Waals surface area contributed by atoms with Crippen LogP contribution in [0, 0.1) is 0 Å². The van der Waals surface area contributed by atoms with Crippen molar-refractivity contribution in [3.63, 3.8) is 0 Å². The highest BCUT2D eigenvalue weighted by atomic mass is 16.5. The third kappa shape index (κ3) is 2.67. The summed E-state index contributed by atoms with van der Waals surface area (Å²) in [6, 6.07) is 0. The highest BCUT2D eigenvalue weighted by molar-refractivity contribution is 5.86. The van der Waals surface area contributed by atoms with Gasteiger partial charge in [0, 0.05) is 19.7 Å². The lowest BCUT2D eigenvalue weighted by Crippen LogP contribution is -2.56. The molecule has 0 saturated carbocycles. The minimum Gasteiger partial charge on any atom is -0.379 e. The van der Waals surface area contributed by atoms with Gasteiger partial charge in [-0.05, 0) is 6.42 Å². The van der Waals surface area contributed by atoms with E-state index < -0.39 is 5.54 Å². The maximum absolute atomic E-state index is 12.1. The Kier molecular flexibility index (Phi) is 4.05. The van der Waals surface area contributed by atoms with Gasteiger partial charge in [0.1, 0.15) is 5.54 Å². The second-order valence-electron chi connectivity index (χ2n) is 3.75. The van der Waals surface area contributed by atoms with Gasteiger partial charge < -0.3 is 15.4 Å². The van der Waals surface area contributed by atoms with Crippen LogP contribution < -0.4 is 5.73 Å². The molecule has 4 heteroatoms. The van der Waals surface area contributed by atoms with E-state index in [2.05, 4.69) is 13.2 Å². The Morgan fingerprint density at radius 2 is 2.07 bits per heavy atom. The summed E-state index contributed by atoms with van der Waals surface area (Å²) in [7, 11) is 0. The number of nitrogens with zero attached hydrogens (tertiary/aromatic N) is 1. The predicted molar refractivity (Wildman–Crippen MR) is 59.3 cm³/mol. The van der Waals surface area contributed by atoms with Gasteiger partial charge in [-0.1, -0.05) is 12.2 Å². The van der Waals surface area contributed by atoms with Crippen LogP contribution in [-0.2, 0) is 9.53 Å². The average molecular weight is 210 g/mol. The third-order valence-electron chi connectivity index (χ3n) is 2.46. The van der Waals surface area contributed by atoms with Crippen molar-refractivity contribution in [3.05, 3.63) is 25.3 Å². The molecule has 0 aliphatic carbocycles. The molecule has 4 nitrogen and oxygen atoms in total. The molecule has 1 saturated heterocycles. The highest BCUT2D eigenvalue weighted by Crippen LogP contribution is 2.18. The first kappa shape index (κ1) is 11.9. The van der Waals surface area contributed by atoms with Crippen LogP contribution in [0.1, 0.15) is 6.42 Å². The van der Waals surface area contributed by atoms with E-state index in [4.69, 9.17) is 10.5 Å². The summed E-state index contributed by atoms with van der Waals surface area (Å²) in [5.74, 6) is -0.0835.